The van der Waals surface area contributed by atoms with Crippen molar-refractivity contribution in [3.8, 4) is 10.8 Å². The Hall–Kier alpha value is -2.46. The maximum absolute atomic E-state index is 4.74. The Kier molecular flexibility index (Phi) is 3.01. The zero-order chi connectivity index (χ0) is 14.1. The number of aromatic amines is 1. The summed E-state index contributed by atoms with van der Waals surface area (Å²) in [5.74, 6) is 0.848. The van der Waals surface area contributed by atoms with E-state index in [4.69, 9.17) is 4.98 Å². The Balaban J connectivity index is 1.79. The number of para-hydroxylation sites is 1. The van der Waals surface area contributed by atoms with Gasteiger partial charge in [-0.1, -0.05) is 42.5 Å². The molecule has 0 amide bonds. The van der Waals surface area contributed by atoms with Crippen LogP contribution < -0.4 is 0 Å². The summed E-state index contributed by atoms with van der Waals surface area (Å²) in [6.45, 7) is 0. The highest BCUT2D eigenvalue weighted by molar-refractivity contribution is 7.13. The Bertz CT molecular complexity index is 864. The number of rotatable bonds is 3. The third kappa shape index (κ3) is 2.34. The first-order valence-electron chi connectivity index (χ1n) is 6.81. The molecule has 2 heterocycles. The molecule has 0 saturated carbocycles. The van der Waals surface area contributed by atoms with E-state index in [1.807, 2.05) is 11.4 Å². The first-order valence-corrected chi connectivity index (χ1v) is 7.69. The van der Waals surface area contributed by atoms with Crippen molar-refractivity contribution in [2.24, 2.45) is 0 Å². The van der Waals surface area contributed by atoms with Gasteiger partial charge in [0.25, 0.3) is 0 Å². The summed E-state index contributed by atoms with van der Waals surface area (Å²) in [6, 6.07) is 16.8. The Morgan fingerprint density at radius 2 is 1.90 bits per heavy atom. The molecule has 3 nitrogen and oxygen atoms in total. The number of fused-ring (bicyclic) bond motifs is 1. The van der Waals surface area contributed by atoms with E-state index < -0.39 is 0 Å². The van der Waals surface area contributed by atoms with Crippen LogP contribution in [0.25, 0.3) is 21.9 Å². The molecule has 21 heavy (non-hydrogen) atoms. The molecule has 2 aromatic carbocycles. The van der Waals surface area contributed by atoms with Crippen LogP contribution in [0, 0.1) is 0 Å². The van der Waals surface area contributed by atoms with Crippen molar-refractivity contribution in [2.45, 2.75) is 6.42 Å². The summed E-state index contributed by atoms with van der Waals surface area (Å²) in [5.41, 5.74) is 4.63. The predicted octanol–water partition coefficient (Wildman–Crippen LogP) is 4.28. The number of imidazole rings is 1. The van der Waals surface area contributed by atoms with Crippen LogP contribution >= 0.6 is 11.3 Å². The van der Waals surface area contributed by atoms with Crippen molar-refractivity contribution in [1.29, 1.82) is 0 Å². The number of nitrogens with zero attached hydrogens (tertiary/aromatic N) is 2. The highest BCUT2D eigenvalue weighted by atomic mass is 32.1. The third-order valence-electron chi connectivity index (χ3n) is 3.47. The highest BCUT2D eigenvalue weighted by Gasteiger charge is 2.10. The fourth-order valence-corrected chi connectivity index (χ4v) is 3.07. The van der Waals surface area contributed by atoms with Crippen molar-refractivity contribution < 1.29 is 0 Å². The normalized spacial score (nSPS) is 11.0. The predicted molar refractivity (Wildman–Crippen MR) is 86.4 cm³/mol. The van der Waals surface area contributed by atoms with Crippen LogP contribution in [0.15, 0.2) is 60.1 Å². The van der Waals surface area contributed by atoms with Crippen LogP contribution in [-0.4, -0.2) is 15.0 Å². The molecule has 0 aliphatic heterocycles. The summed E-state index contributed by atoms with van der Waals surface area (Å²) in [5, 5.41) is 2.89. The van der Waals surface area contributed by atoms with Gasteiger partial charge in [0, 0.05) is 11.6 Å². The van der Waals surface area contributed by atoms with E-state index >= 15 is 0 Å². The summed E-state index contributed by atoms with van der Waals surface area (Å²) in [7, 11) is 0. The molecule has 0 aliphatic carbocycles. The lowest BCUT2D eigenvalue weighted by molar-refractivity contribution is 1.20. The SMILES string of the molecule is c1ccc(Cc2cccc3[nH]c(-c4nccs4)nc23)cc1. The summed E-state index contributed by atoms with van der Waals surface area (Å²) >= 11 is 1.60. The van der Waals surface area contributed by atoms with Crippen molar-refractivity contribution in [1.82, 2.24) is 15.0 Å². The van der Waals surface area contributed by atoms with Gasteiger partial charge in [0.1, 0.15) is 0 Å². The molecular weight excluding hydrogens is 278 g/mol. The van der Waals surface area contributed by atoms with Crippen molar-refractivity contribution in [3.05, 3.63) is 71.2 Å². The summed E-state index contributed by atoms with van der Waals surface area (Å²) in [6.07, 6.45) is 2.69. The number of hydrogen-bond acceptors (Lipinski definition) is 3. The van der Waals surface area contributed by atoms with Gasteiger partial charge in [-0.05, 0) is 23.6 Å². The second kappa shape index (κ2) is 5.14. The van der Waals surface area contributed by atoms with E-state index in [1.165, 1.54) is 11.1 Å². The highest BCUT2D eigenvalue weighted by Crippen LogP contribution is 2.25. The van der Waals surface area contributed by atoms with E-state index in [-0.39, 0.29) is 0 Å². The molecule has 0 aliphatic rings. The molecule has 102 valence electrons. The number of H-pyrrole nitrogens is 1. The molecule has 0 spiro atoms. The molecule has 4 rings (SSSR count). The molecule has 0 atom stereocenters. The van der Waals surface area contributed by atoms with Crippen molar-refractivity contribution >= 4 is 22.4 Å². The number of benzene rings is 2. The topological polar surface area (TPSA) is 41.6 Å². The minimum Gasteiger partial charge on any atom is -0.336 e. The Labute approximate surface area is 126 Å². The maximum Gasteiger partial charge on any atom is 0.167 e. The number of aromatic nitrogens is 3. The fourth-order valence-electron chi connectivity index (χ4n) is 2.49. The minimum atomic E-state index is 0.848. The Morgan fingerprint density at radius 3 is 2.71 bits per heavy atom. The second-order valence-electron chi connectivity index (χ2n) is 4.90. The van der Waals surface area contributed by atoms with Gasteiger partial charge in [-0.15, -0.1) is 11.3 Å². The van der Waals surface area contributed by atoms with Crippen LogP contribution in [0.3, 0.4) is 0 Å². The molecule has 2 aromatic heterocycles. The van der Waals surface area contributed by atoms with Gasteiger partial charge in [-0.2, -0.15) is 0 Å². The van der Waals surface area contributed by atoms with Gasteiger partial charge < -0.3 is 4.98 Å². The van der Waals surface area contributed by atoms with Crippen molar-refractivity contribution in [2.75, 3.05) is 0 Å². The van der Waals surface area contributed by atoms with E-state index in [1.54, 1.807) is 17.5 Å². The average Bonchev–Trinajstić information content (AvgIpc) is 3.18. The number of hydrogen-bond donors (Lipinski definition) is 1. The van der Waals surface area contributed by atoms with Gasteiger partial charge in [0.15, 0.2) is 10.8 Å². The summed E-state index contributed by atoms with van der Waals surface area (Å²) < 4.78 is 0. The molecule has 1 N–H and O–H groups in total. The molecule has 4 heteroatoms. The van der Waals surface area contributed by atoms with E-state index in [0.29, 0.717) is 0 Å². The van der Waals surface area contributed by atoms with Gasteiger partial charge in [-0.3, -0.25) is 0 Å². The van der Waals surface area contributed by atoms with E-state index in [9.17, 15) is 0 Å². The van der Waals surface area contributed by atoms with Crippen LogP contribution in [0.4, 0.5) is 0 Å². The molecule has 0 bridgehead atoms. The monoisotopic (exact) mass is 291 g/mol. The molecule has 0 saturated heterocycles. The third-order valence-corrected chi connectivity index (χ3v) is 4.25. The largest absolute Gasteiger partial charge is 0.336 e. The first kappa shape index (κ1) is 12.3. The van der Waals surface area contributed by atoms with E-state index in [0.717, 1.165) is 28.3 Å². The molecule has 4 aromatic rings. The lowest BCUT2D eigenvalue weighted by Gasteiger charge is -2.02. The van der Waals surface area contributed by atoms with E-state index in [2.05, 4.69) is 52.4 Å². The fraction of sp³-hybridized carbons (Fsp3) is 0.0588. The lowest BCUT2D eigenvalue weighted by Crippen LogP contribution is -1.89. The van der Waals surface area contributed by atoms with Crippen LogP contribution in [0.2, 0.25) is 0 Å². The van der Waals surface area contributed by atoms with Crippen LogP contribution in [0.5, 0.6) is 0 Å². The van der Waals surface area contributed by atoms with Crippen LogP contribution in [0.1, 0.15) is 11.1 Å². The zero-order valence-electron chi connectivity index (χ0n) is 11.3. The lowest BCUT2D eigenvalue weighted by atomic mass is 10.0. The average molecular weight is 291 g/mol. The molecule has 0 fully saturated rings. The smallest absolute Gasteiger partial charge is 0.167 e. The van der Waals surface area contributed by atoms with Gasteiger partial charge in [0.2, 0.25) is 0 Å². The van der Waals surface area contributed by atoms with Gasteiger partial charge in [-0.25, -0.2) is 9.97 Å². The first-order chi connectivity index (χ1) is 10.4. The minimum absolute atomic E-state index is 0.848. The standard InChI is InChI=1S/C17H13N3S/c1-2-5-12(6-3-1)11-13-7-4-8-14-15(13)20-16(19-14)17-18-9-10-21-17/h1-10H,11H2,(H,19,20). The van der Waals surface area contributed by atoms with Crippen molar-refractivity contribution in [3.63, 3.8) is 0 Å². The maximum atomic E-state index is 4.74. The number of thiazole rings is 1. The zero-order valence-corrected chi connectivity index (χ0v) is 12.1. The summed E-state index contributed by atoms with van der Waals surface area (Å²) in [4.78, 5) is 12.4. The molecule has 0 unspecified atom stereocenters. The van der Waals surface area contributed by atoms with Gasteiger partial charge >= 0.3 is 0 Å². The quantitative estimate of drug-likeness (QED) is 0.612. The van der Waals surface area contributed by atoms with Gasteiger partial charge in [0.05, 0.1) is 11.0 Å². The molecule has 0 radical (unpaired) electrons. The Morgan fingerprint density at radius 1 is 1.00 bits per heavy atom. The second-order valence-corrected chi connectivity index (χ2v) is 5.79. The molecular formula is C17H13N3S. The van der Waals surface area contributed by atoms with Crippen LogP contribution in [-0.2, 0) is 6.42 Å². The number of nitrogens with one attached hydrogen (secondary N) is 1.